The van der Waals surface area contributed by atoms with Gasteiger partial charge in [0.15, 0.2) is 0 Å². The number of carbonyl (C=O) groups is 1. The summed E-state index contributed by atoms with van der Waals surface area (Å²) >= 11 is 0. The predicted molar refractivity (Wildman–Crippen MR) is 121 cm³/mol. The maximum absolute atomic E-state index is 13.6. The summed E-state index contributed by atoms with van der Waals surface area (Å²) in [6.07, 6.45) is 5.15. The Bertz CT molecular complexity index is 1050. The molecule has 31 heavy (non-hydrogen) atoms. The maximum Gasteiger partial charge on any atom is 0.255 e. The summed E-state index contributed by atoms with van der Waals surface area (Å²) in [7, 11) is 0. The highest BCUT2D eigenvalue weighted by Crippen LogP contribution is 2.32. The van der Waals surface area contributed by atoms with Gasteiger partial charge in [-0.3, -0.25) is 9.78 Å². The topological polar surface area (TPSA) is 61.4 Å². The largest absolute Gasteiger partial charge is 0.366 e. The zero-order chi connectivity index (χ0) is 21.8. The first-order chi connectivity index (χ1) is 15.0. The SMILES string of the molecule is CC(C)c1ccc(NC(=O)c2cccc(F)c2)c(N2CCN(c3cnccn3)CC2)c1. The molecule has 1 saturated heterocycles. The maximum atomic E-state index is 13.6. The molecule has 1 aliphatic heterocycles. The summed E-state index contributed by atoms with van der Waals surface area (Å²) in [6, 6.07) is 11.8. The summed E-state index contributed by atoms with van der Waals surface area (Å²) in [5, 5.41) is 2.98. The Balaban J connectivity index is 1.56. The van der Waals surface area contributed by atoms with Gasteiger partial charge in [-0.1, -0.05) is 26.0 Å². The quantitative estimate of drug-likeness (QED) is 0.667. The van der Waals surface area contributed by atoms with Crippen LogP contribution in [0.25, 0.3) is 0 Å². The van der Waals surface area contributed by atoms with E-state index in [0.29, 0.717) is 11.5 Å². The second kappa shape index (κ2) is 9.12. The van der Waals surface area contributed by atoms with Crippen LogP contribution >= 0.6 is 0 Å². The Hall–Kier alpha value is -3.48. The minimum absolute atomic E-state index is 0.298. The van der Waals surface area contributed by atoms with Gasteiger partial charge in [0.05, 0.1) is 17.6 Å². The molecule has 1 aliphatic rings. The average Bonchev–Trinajstić information content (AvgIpc) is 2.80. The number of piperazine rings is 1. The second-order valence-electron chi connectivity index (χ2n) is 7.93. The van der Waals surface area contributed by atoms with Gasteiger partial charge in [-0.15, -0.1) is 0 Å². The van der Waals surface area contributed by atoms with E-state index in [2.05, 4.69) is 45.0 Å². The molecule has 2 heterocycles. The first-order valence-electron chi connectivity index (χ1n) is 10.5. The first kappa shape index (κ1) is 20.8. The normalized spacial score (nSPS) is 14.1. The molecule has 1 fully saturated rings. The third kappa shape index (κ3) is 4.82. The molecule has 0 unspecified atom stereocenters. The van der Waals surface area contributed by atoms with Crippen LogP contribution in [0, 0.1) is 5.82 Å². The zero-order valence-corrected chi connectivity index (χ0v) is 17.8. The van der Waals surface area contributed by atoms with Crippen molar-refractivity contribution in [2.45, 2.75) is 19.8 Å². The van der Waals surface area contributed by atoms with Crippen LogP contribution in [0.4, 0.5) is 21.6 Å². The Morgan fingerprint density at radius 3 is 2.48 bits per heavy atom. The molecule has 3 aromatic rings. The van der Waals surface area contributed by atoms with Crippen molar-refractivity contribution in [3.8, 4) is 0 Å². The molecule has 1 N–H and O–H groups in total. The van der Waals surface area contributed by atoms with Crippen molar-refractivity contribution in [2.75, 3.05) is 41.3 Å². The van der Waals surface area contributed by atoms with Crippen LogP contribution < -0.4 is 15.1 Å². The Morgan fingerprint density at radius 1 is 1.03 bits per heavy atom. The molecule has 1 amide bonds. The molecule has 1 aromatic heterocycles. The van der Waals surface area contributed by atoms with Gasteiger partial charge in [0.1, 0.15) is 11.6 Å². The number of benzene rings is 2. The number of amides is 1. The lowest BCUT2D eigenvalue weighted by molar-refractivity contribution is 0.102. The molecule has 7 heteroatoms. The molecule has 160 valence electrons. The molecule has 0 radical (unpaired) electrons. The number of aromatic nitrogens is 2. The van der Waals surface area contributed by atoms with Gasteiger partial charge in [0.25, 0.3) is 5.91 Å². The average molecular weight is 420 g/mol. The molecular formula is C24H26FN5O. The van der Waals surface area contributed by atoms with Crippen LogP contribution in [0.15, 0.2) is 61.1 Å². The van der Waals surface area contributed by atoms with Crippen LogP contribution in [-0.2, 0) is 0 Å². The summed E-state index contributed by atoms with van der Waals surface area (Å²) in [4.78, 5) is 25.8. The Labute approximate surface area is 181 Å². The molecule has 0 spiro atoms. The van der Waals surface area contributed by atoms with Gasteiger partial charge >= 0.3 is 0 Å². The third-order valence-corrected chi connectivity index (χ3v) is 5.52. The number of hydrogen-bond donors (Lipinski definition) is 1. The standard InChI is InChI=1S/C24H26FN5O/c1-17(2)18-6-7-21(28-24(31)19-4-3-5-20(25)14-19)22(15-18)29-10-12-30(13-11-29)23-16-26-8-9-27-23/h3-9,14-17H,10-13H2,1-2H3,(H,28,31). The number of rotatable bonds is 5. The number of nitrogens with zero attached hydrogens (tertiary/aromatic N) is 4. The lowest BCUT2D eigenvalue weighted by Gasteiger charge is -2.37. The predicted octanol–water partition coefficient (Wildman–Crippen LogP) is 4.32. The Morgan fingerprint density at radius 2 is 1.81 bits per heavy atom. The van der Waals surface area contributed by atoms with Crippen molar-refractivity contribution in [3.05, 3.63) is 78.0 Å². The first-order valence-corrected chi connectivity index (χ1v) is 10.5. The molecule has 0 atom stereocenters. The van der Waals surface area contributed by atoms with E-state index in [9.17, 15) is 9.18 Å². The zero-order valence-electron chi connectivity index (χ0n) is 17.8. The molecule has 2 aromatic carbocycles. The van der Waals surface area contributed by atoms with Gasteiger partial charge < -0.3 is 15.1 Å². The van der Waals surface area contributed by atoms with Crippen molar-refractivity contribution in [1.82, 2.24) is 9.97 Å². The van der Waals surface area contributed by atoms with Crippen molar-refractivity contribution in [1.29, 1.82) is 0 Å². The number of halogens is 1. The van der Waals surface area contributed by atoms with E-state index in [1.54, 1.807) is 30.7 Å². The van der Waals surface area contributed by atoms with Crippen LogP contribution in [0.5, 0.6) is 0 Å². The lowest BCUT2D eigenvalue weighted by Crippen LogP contribution is -2.47. The molecule has 6 nitrogen and oxygen atoms in total. The monoisotopic (exact) mass is 419 g/mol. The summed E-state index contributed by atoms with van der Waals surface area (Å²) in [6.45, 7) is 7.50. The van der Waals surface area contributed by atoms with E-state index in [1.165, 1.54) is 17.7 Å². The molecule has 4 rings (SSSR count). The minimum atomic E-state index is -0.428. The second-order valence-corrected chi connectivity index (χ2v) is 7.93. The van der Waals surface area contributed by atoms with Crippen molar-refractivity contribution in [3.63, 3.8) is 0 Å². The molecule has 0 bridgehead atoms. The van der Waals surface area contributed by atoms with Crippen molar-refractivity contribution < 1.29 is 9.18 Å². The van der Waals surface area contributed by atoms with Gasteiger partial charge in [0.2, 0.25) is 0 Å². The fourth-order valence-corrected chi connectivity index (χ4v) is 3.73. The number of anilines is 3. The minimum Gasteiger partial charge on any atom is -0.366 e. The van der Waals surface area contributed by atoms with Gasteiger partial charge in [-0.05, 0) is 41.8 Å². The van der Waals surface area contributed by atoms with Crippen LogP contribution in [0.2, 0.25) is 0 Å². The highest BCUT2D eigenvalue weighted by Gasteiger charge is 2.22. The molecule has 0 saturated carbocycles. The third-order valence-electron chi connectivity index (χ3n) is 5.52. The number of nitrogens with one attached hydrogen (secondary N) is 1. The fraction of sp³-hybridized carbons (Fsp3) is 0.292. The lowest BCUT2D eigenvalue weighted by atomic mass is 10.0. The van der Waals surface area contributed by atoms with Gasteiger partial charge in [-0.2, -0.15) is 0 Å². The smallest absolute Gasteiger partial charge is 0.255 e. The fourth-order valence-electron chi connectivity index (χ4n) is 3.73. The highest BCUT2D eigenvalue weighted by atomic mass is 19.1. The van der Waals surface area contributed by atoms with Crippen molar-refractivity contribution >= 4 is 23.1 Å². The number of carbonyl (C=O) groups excluding carboxylic acids is 1. The van der Waals surface area contributed by atoms with Gasteiger partial charge in [-0.25, -0.2) is 9.37 Å². The summed E-state index contributed by atoms with van der Waals surface area (Å²) < 4.78 is 13.6. The highest BCUT2D eigenvalue weighted by molar-refractivity contribution is 6.06. The van der Waals surface area contributed by atoms with E-state index >= 15 is 0 Å². The van der Waals surface area contributed by atoms with Gasteiger partial charge in [0, 0.05) is 44.1 Å². The van der Waals surface area contributed by atoms with E-state index in [-0.39, 0.29) is 5.91 Å². The van der Waals surface area contributed by atoms with E-state index in [0.717, 1.165) is 43.4 Å². The van der Waals surface area contributed by atoms with E-state index in [1.807, 2.05) is 12.1 Å². The number of hydrogen-bond acceptors (Lipinski definition) is 5. The summed E-state index contributed by atoms with van der Waals surface area (Å²) in [5.41, 5.74) is 3.21. The Kier molecular flexibility index (Phi) is 6.11. The molecule has 0 aliphatic carbocycles. The van der Waals surface area contributed by atoms with Crippen molar-refractivity contribution in [2.24, 2.45) is 0 Å². The molecular weight excluding hydrogens is 393 g/mol. The van der Waals surface area contributed by atoms with Crippen LogP contribution in [0.1, 0.15) is 35.7 Å². The van der Waals surface area contributed by atoms with E-state index < -0.39 is 5.82 Å². The van der Waals surface area contributed by atoms with E-state index in [4.69, 9.17) is 0 Å². The van der Waals surface area contributed by atoms with Crippen LogP contribution in [0.3, 0.4) is 0 Å². The van der Waals surface area contributed by atoms with Crippen LogP contribution in [-0.4, -0.2) is 42.1 Å². The summed E-state index contributed by atoms with van der Waals surface area (Å²) in [5.74, 6) is 0.490.